The summed E-state index contributed by atoms with van der Waals surface area (Å²) in [5, 5.41) is 3.61. The fourth-order valence-electron chi connectivity index (χ4n) is 3.72. The van der Waals surface area contributed by atoms with Crippen LogP contribution < -0.4 is 10.1 Å². The van der Waals surface area contributed by atoms with Crippen LogP contribution in [-0.4, -0.2) is 13.7 Å². The van der Waals surface area contributed by atoms with E-state index in [9.17, 15) is 0 Å². The molecule has 3 rings (SSSR count). The number of aryl methyl sites for hydroxylation is 1. The summed E-state index contributed by atoms with van der Waals surface area (Å²) in [6, 6.07) is 15.3. The highest BCUT2D eigenvalue weighted by molar-refractivity contribution is 14.1. The Morgan fingerprint density at radius 1 is 1.08 bits per heavy atom. The van der Waals surface area contributed by atoms with Crippen LogP contribution in [0.15, 0.2) is 42.5 Å². The van der Waals surface area contributed by atoms with E-state index in [1.807, 2.05) is 0 Å². The van der Waals surface area contributed by atoms with Crippen LogP contribution in [0, 0.1) is 16.4 Å². The Kier molecular flexibility index (Phi) is 6.04. The van der Waals surface area contributed by atoms with E-state index in [2.05, 4.69) is 77.3 Å². The summed E-state index contributed by atoms with van der Waals surface area (Å²) < 4.78 is 6.67. The number of nitrogens with one attached hydrogen (secondary N) is 1. The molecule has 1 saturated carbocycles. The van der Waals surface area contributed by atoms with E-state index in [4.69, 9.17) is 4.74 Å². The van der Waals surface area contributed by atoms with Crippen molar-refractivity contribution >= 4 is 28.3 Å². The second-order valence-corrected chi connectivity index (χ2v) is 8.08. The van der Waals surface area contributed by atoms with Gasteiger partial charge in [0.15, 0.2) is 0 Å². The van der Waals surface area contributed by atoms with Crippen LogP contribution in [0.2, 0.25) is 0 Å². The van der Waals surface area contributed by atoms with Crippen LogP contribution in [0.25, 0.3) is 0 Å². The molecule has 128 valence electrons. The lowest BCUT2D eigenvalue weighted by atomic mass is 9.78. The van der Waals surface area contributed by atoms with Gasteiger partial charge in [0, 0.05) is 15.8 Å². The maximum atomic E-state index is 5.38. The van der Waals surface area contributed by atoms with Crippen LogP contribution in [-0.2, 0) is 0 Å². The molecule has 2 aromatic rings. The summed E-state index contributed by atoms with van der Waals surface area (Å²) in [6.45, 7) is 3.23. The highest BCUT2D eigenvalue weighted by Gasteiger charge is 2.22. The van der Waals surface area contributed by atoms with E-state index in [1.54, 1.807) is 7.11 Å². The van der Waals surface area contributed by atoms with Crippen molar-refractivity contribution in [1.29, 1.82) is 0 Å². The third kappa shape index (κ3) is 4.44. The largest absolute Gasteiger partial charge is 0.496 e. The number of hydrogen-bond acceptors (Lipinski definition) is 2. The van der Waals surface area contributed by atoms with Gasteiger partial charge in [0.05, 0.1) is 7.11 Å². The maximum Gasteiger partial charge on any atom is 0.121 e. The molecule has 1 aliphatic rings. The monoisotopic (exact) mass is 435 g/mol. The predicted octanol–water partition coefficient (Wildman–Crippen LogP) is 5.99. The van der Waals surface area contributed by atoms with Crippen molar-refractivity contribution < 1.29 is 4.74 Å². The minimum absolute atomic E-state index is 0.712. The van der Waals surface area contributed by atoms with Crippen molar-refractivity contribution in [2.75, 3.05) is 19.0 Å². The van der Waals surface area contributed by atoms with E-state index in [0.29, 0.717) is 5.92 Å². The Morgan fingerprint density at radius 3 is 2.54 bits per heavy atom. The van der Waals surface area contributed by atoms with Crippen LogP contribution in [0.4, 0.5) is 5.69 Å². The normalized spacial score (nSPS) is 20.6. The van der Waals surface area contributed by atoms with Gasteiger partial charge in [0.1, 0.15) is 5.75 Å². The van der Waals surface area contributed by atoms with E-state index < -0.39 is 0 Å². The third-order valence-corrected chi connectivity index (χ3v) is 5.83. The molecule has 2 aromatic carbocycles. The topological polar surface area (TPSA) is 21.3 Å². The summed E-state index contributed by atoms with van der Waals surface area (Å²) in [5.74, 6) is 2.50. The van der Waals surface area contributed by atoms with Crippen molar-refractivity contribution in [2.45, 2.75) is 38.5 Å². The van der Waals surface area contributed by atoms with Gasteiger partial charge >= 0.3 is 0 Å². The number of anilines is 1. The van der Waals surface area contributed by atoms with Crippen molar-refractivity contribution in [2.24, 2.45) is 5.92 Å². The molecular formula is C21H26INO. The third-order valence-electron chi connectivity index (χ3n) is 5.16. The summed E-state index contributed by atoms with van der Waals surface area (Å²) >= 11 is 2.37. The Bertz CT molecular complexity index is 677. The number of benzene rings is 2. The second-order valence-electron chi connectivity index (χ2n) is 6.84. The molecule has 0 heterocycles. The first-order valence-electron chi connectivity index (χ1n) is 8.79. The SMILES string of the molecule is COc1ccc([C@H]2CC[C@H](CNc3cccc(I)c3)CC2)cc1C. The van der Waals surface area contributed by atoms with Gasteiger partial charge in [0.25, 0.3) is 0 Å². The zero-order chi connectivity index (χ0) is 16.9. The molecule has 0 radical (unpaired) electrons. The molecule has 3 heteroatoms. The Morgan fingerprint density at radius 2 is 1.88 bits per heavy atom. The molecule has 1 aliphatic carbocycles. The van der Waals surface area contributed by atoms with E-state index >= 15 is 0 Å². The van der Waals surface area contributed by atoms with Crippen molar-refractivity contribution in [1.82, 2.24) is 0 Å². The molecule has 0 aliphatic heterocycles. The lowest BCUT2D eigenvalue weighted by molar-refractivity contribution is 0.338. The quantitative estimate of drug-likeness (QED) is 0.583. The van der Waals surface area contributed by atoms with E-state index in [0.717, 1.165) is 18.2 Å². The summed E-state index contributed by atoms with van der Waals surface area (Å²) in [7, 11) is 1.74. The molecule has 0 aromatic heterocycles. The summed E-state index contributed by atoms with van der Waals surface area (Å²) in [5.41, 5.74) is 3.98. The van der Waals surface area contributed by atoms with Gasteiger partial charge < -0.3 is 10.1 Å². The molecule has 2 nitrogen and oxygen atoms in total. The fraction of sp³-hybridized carbons (Fsp3) is 0.429. The minimum Gasteiger partial charge on any atom is -0.496 e. The maximum absolute atomic E-state index is 5.38. The van der Waals surface area contributed by atoms with Gasteiger partial charge in [-0.15, -0.1) is 0 Å². The molecule has 1 fully saturated rings. The number of ether oxygens (including phenoxy) is 1. The molecule has 0 spiro atoms. The molecule has 24 heavy (non-hydrogen) atoms. The van der Waals surface area contributed by atoms with Gasteiger partial charge in [-0.1, -0.05) is 18.2 Å². The van der Waals surface area contributed by atoms with Crippen molar-refractivity contribution in [3.63, 3.8) is 0 Å². The van der Waals surface area contributed by atoms with Crippen molar-refractivity contribution in [3.8, 4) is 5.75 Å². The first-order valence-corrected chi connectivity index (χ1v) is 9.87. The zero-order valence-electron chi connectivity index (χ0n) is 14.5. The summed E-state index contributed by atoms with van der Waals surface area (Å²) in [4.78, 5) is 0. The van der Waals surface area contributed by atoms with Gasteiger partial charge in [-0.25, -0.2) is 0 Å². The van der Waals surface area contributed by atoms with Gasteiger partial charge in [0.2, 0.25) is 0 Å². The Balaban J connectivity index is 1.51. The van der Waals surface area contributed by atoms with Crippen LogP contribution in [0.5, 0.6) is 5.75 Å². The average Bonchev–Trinajstić information content (AvgIpc) is 2.60. The smallest absolute Gasteiger partial charge is 0.121 e. The van der Waals surface area contributed by atoms with Gasteiger partial charge in [-0.2, -0.15) is 0 Å². The molecule has 0 unspecified atom stereocenters. The molecule has 1 N–H and O–H groups in total. The first-order chi connectivity index (χ1) is 11.7. The predicted molar refractivity (Wildman–Crippen MR) is 110 cm³/mol. The van der Waals surface area contributed by atoms with Crippen LogP contribution in [0.1, 0.15) is 42.7 Å². The van der Waals surface area contributed by atoms with Crippen molar-refractivity contribution in [3.05, 3.63) is 57.2 Å². The number of hydrogen-bond donors (Lipinski definition) is 1. The average molecular weight is 435 g/mol. The lowest BCUT2D eigenvalue weighted by Gasteiger charge is -2.29. The van der Waals surface area contributed by atoms with Gasteiger partial charge in [-0.05, 0) is 102 Å². The minimum atomic E-state index is 0.712. The number of rotatable bonds is 5. The van der Waals surface area contributed by atoms with E-state index in [-0.39, 0.29) is 0 Å². The molecular weight excluding hydrogens is 409 g/mol. The molecule has 0 saturated heterocycles. The Labute approximate surface area is 159 Å². The highest BCUT2D eigenvalue weighted by Crippen LogP contribution is 2.37. The zero-order valence-corrected chi connectivity index (χ0v) is 16.7. The lowest BCUT2D eigenvalue weighted by Crippen LogP contribution is -2.20. The molecule has 0 amide bonds. The van der Waals surface area contributed by atoms with E-state index in [1.165, 1.54) is 46.1 Å². The first kappa shape index (κ1) is 17.6. The van der Waals surface area contributed by atoms with Gasteiger partial charge in [-0.3, -0.25) is 0 Å². The fourth-order valence-corrected chi connectivity index (χ4v) is 4.26. The molecule has 0 bridgehead atoms. The highest BCUT2D eigenvalue weighted by atomic mass is 127. The van der Waals surface area contributed by atoms with Crippen LogP contribution in [0.3, 0.4) is 0 Å². The van der Waals surface area contributed by atoms with Crippen LogP contribution >= 0.6 is 22.6 Å². The standard InChI is InChI=1S/C21H26INO/c1-15-12-18(10-11-21(15)24-2)17-8-6-16(7-9-17)14-23-20-5-3-4-19(22)13-20/h3-5,10-13,16-17,23H,6-9,14H2,1-2H3/t16-,17-. The second kappa shape index (κ2) is 8.24. The Hall–Kier alpha value is -1.23. The molecule has 0 atom stereocenters. The summed E-state index contributed by atoms with van der Waals surface area (Å²) in [6.07, 6.45) is 5.22. The number of halogens is 1. The number of methoxy groups -OCH3 is 1.